The zero-order valence-electron chi connectivity index (χ0n) is 13.7. The molecule has 1 aliphatic heterocycles. The van der Waals surface area contributed by atoms with Gasteiger partial charge >= 0.3 is 5.97 Å². The Balaban J connectivity index is 1.52. The molecule has 0 unspecified atom stereocenters. The van der Waals surface area contributed by atoms with Crippen LogP contribution in [0.1, 0.15) is 31.4 Å². The molecule has 7 heteroatoms. The van der Waals surface area contributed by atoms with Gasteiger partial charge in [0.2, 0.25) is 5.91 Å². The third kappa shape index (κ3) is 4.85. The summed E-state index contributed by atoms with van der Waals surface area (Å²) >= 11 is 1.41. The van der Waals surface area contributed by atoms with Crippen molar-refractivity contribution < 1.29 is 18.7 Å². The summed E-state index contributed by atoms with van der Waals surface area (Å²) in [6, 6.07) is 6.09. The van der Waals surface area contributed by atoms with Crippen molar-refractivity contribution in [1.82, 2.24) is 9.88 Å². The molecule has 1 aliphatic rings. The first-order chi connectivity index (χ1) is 12.1. The molecule has 0 bridgehead atoms. The number of ether oxygens (including phenoxy) is 1. The fourth-order valence-electron chi connectivity index (χ4n) is 2.66. The maximum atomic E-state index is 13.0. The van der Waals surface area contributed by atoms with Gasteiger partial charge in [-0.3, -0.25) is 9.59 Å². The molecule has 2 heterocycles. The van der Waals surface area contributed by atoms with Gasteiger partial charge in [0.1, 0.15) is 24.0 Å². The summed E-state index contributed by atoms with van der Waals surface area (Å²) in [6.45, 7) is 0.672. The Morgan fingerprint density at radius 3 is 2.84 bits per heavy atom. The molecule has 132 valence electrons. The average Bonchev–Trinajstić information content (AvgIpc) is 2.99. The highest BCUT2D eigenvalue weighted by Gasteiger charge is 2.20. The van der Waals surface area contributed by atoms with E-state index in [1.165, 1.54) is 23.5 Å². The maximum absolute atomic E-state index is 13.0. The van der Waals surface area contributed by atoms with Crippen LogP contribution in [0.2, 0.25) is 0 Å². The Morgan fingerprint density at radius 2 is 2.04 bits per heavy atom. The Morgan fingerprint density at radius 1 is 1.24 bits per heavy atom. The van der Waals surface area contributed by atoms with Gasteiger partial charge in [0.25, 0.3) is 0 Å². The van der Waals surface area contributed by atoms with Gasteiger partial charge in [0, 0.05) is 23.9 Å². The lowest BCUT2D eigenvalue weighted by molar-refractivity contribution is -0.150. The molecule has 25 heavy (non-hydrogen) atoms. The third-order valence-corrected chi connectivity index (χ3v) is 4.96. The van der Waals surface area contributed by atoms with Gasteiger partial charge in [-0.2, -0.15) is 0 Å². The van der Waals surface area contributed by atoms with Crippen molar-refractivity contribution in [3.8, 4) is 10.6 Å². The minimum Gasteiger partial charge on any atom is -0.458 e. The number of aromatic nitrogens is 1. The van der Waals surface area contributed by atoms with Gasteiger partial charge in [-0.05, 0) is 37.1 Å². The average molecular weight is 362 g/mol. The fourth-order valence-corrected chi connectivity index (χ4v) is 3.47. The molecule has 0 spiro atoms. The zero-order chi connectivity index (χ0) is 17.6. The molecule has 0 radical (unpaired) electrons. The van der Waals surface area contributed by atoms with Crippen molar-refractivity contribution in [2.45, 2.75) is 32.3 Å². The largest absolute Gasteiger partial charge is 0.458 e. The van der Waals surface area contributed by atoms with Gasteiger partial charge in [-0.1, -0.05) is 6.42 Å². The number of carbonyl (C=O) groups is 2. The van der Waals surface area contributed by atoms with Crippen molar-refractivity contribution >= 4 is 23.2 Å². The minimum atomic E-state index is -0.424. The van der Waals surface area contributed by atoms with Crippen LogP contribution in [0, 0.1) is 5.82 Å². The molecular weight excluding hydrogens is 343 g/mol. The number of rotatable bonds is 5. The maximum Gasteiger partial charge on any atom is 0.326 e. The van der Waals surface area contributed by atoms with E-state index in [0.29, 0.717) is 18.7 Å². The van der Waals surface area contributed by atoms with Crippen LogP contribution in [0.4, 0.5) is 4.39 Å². The standard InChI is InChI=1S/C18H19FN2O3S/c19-14-7-5-13(6-8-14)18-20-15(12-25-18)11-24-17(23)10-21-9-3-1-2-4-16(21)22/h5-8,12H,1-4,9-11H2. The Hall–Kier alpha value is -2.28. The SMILES string of the molecule is O=C(CN1CCCCCC1=O)OCc1csc(-c2ccc(F)cc2)n1. The first-order valence-electron chi connectivity index (χ1n) is 8.25. The van der Waals surface area contributed by atoms with E-state index in [1.54, 1.807) is 17.0 Å². The van der Waals surface area contributed by atoms with E-state index in [1.807, 2.05) is 5.38 Å². The number of nitrogens with zero attached hydrogens (tertiary/aromatic N) is 2. The molecule has 1 amide bonds. The highest BCUT2D eigenvalue weighted by Crippen LogP contribution is 2.24. The predicted octanol–water partition coefficient (Wildman–Crippen LogP) is 3.40. The van der Waals surface area contributed by atoms with E-state index in [0.717, 1.165) is 29.8 Å². The van der Waals surface area contributed by atoms with Gasteiger partial charge in [0.05, 0.1) is 5.69 Å². The van der Waals surface area contributed by atoms with Gasteiger partial charge in [0.15, 0.2) is 0 Å². The fraction of sp³-hybridized carbons (Fsp3) is 0.389. The van der Waals surface area contributed by atoms with Crippen LogP contribution in [-0.2, 0) is 20.9 Å². The molecule has 1 aromatic heterocycles. The van der Waals surface area contributed by atoms with Crippen molar-refractivity contribution in [3.05, 3.63) is 41.2 Å². The van der Waals surface area contributed by atoms with Crippen LogP contribution in [0.15, 0.2) is 29.6 Å². The number of thiazole rings is 1. The Bertz CT molecular complexity index is 745. The molecule has 1 fully saturated rings. The summed E-state index contributed by atoms with van der Waals surface area (Å²) in [5, 5.41) is 2.55. The van der Waals surface area contributed by atoms with E-state index in [-0.39, 0.29) is 24.9 Å². The number of halogens is 1. The molecule has 0 aliphatic carbocycles. The van der Waals surface area contributed by atoms with Gasteiger partial charge in [-0.25, -0.2) is 9.37 Å². The number of amides is 1. The number of likely N-dealkylation sites (tertiary alicyclic amines) is 1. The second-order valence-corrected chi connectivity index (χ2v) is 6.80. The van der Waals surface area contributed by atoms with Crippen LogP contribution in [0.25, 0.3) is 10.6 Å². The third-order valence-electron chi connectivity index (χ3n) is 4.02. The topological polar surface area (TPSA) is 59.5 Å². The molecule has 3 rings (SSSR count). The lowest BCUT2D eigenvalue weighted by Crippen LogP contribution is -2.35. The zero-order valence-corrected chi connectivity index (χ0v) is 14.6. The number of benzene rings is 1. The van der Waals surface area contributed by atoms with E-state index < -0.39 is 5.97 Å². The molecule has 0 saturated carbocycles. The summed E-state index contributed by atoms with van der Waals surface area (Å²) < 4.78 is 18.2. The number of hydrogen-bond donors (Lipinski definition) is 0. The minimum absolute atomic E-state index is 0.00616. The second kappa shape index (κ2) is 8.20. The second-order valence-electron chi connectivity index (χ2n) is 5.94. The summed E-state index contributed by atoms with van der Waals surface area (Å²) in [7, 11) is 0. The van der Waals surface area contributed by atoms with Crippen LogP contribution < -0.4 is 0 Å². The first-order valence-corrected chi connectivity index (χ1v) is 9.13. The molecule has 0 atom stereocenters. The van der Waals surface area contributed by atoms with Crippen molar-refractivity contribution in [3.63, 3.8) is 0 Å². The van der Waals surface area contributed by atoms with E-state index >= 15 is 0 Å². The molecule has 1 saturated heterocycles. The number of esters is 1. The van der Waals surface area contributed by atoms with Crippen molar-refractivity contribution in [2.24, 2.45) is 0 Å². The normalized spacial score (nSPS) is 15.1. The lowest BCUT2D eigenvalue weighted by Gasteiger charge is -2.19. The smallest absolute Gasteiger partial charge is 0.326 e. The van der Waals surface area contributed by atoms with Crippen LogP contribution >= 0.6 is 11.3 Å². The highest BCUT2D eigenvalue weighted by molar-refractivity contribution is 7.13. The van der Waals surface area contributed by atoms with Gasteiger partial charge < -0.3 is 9.64 Å². The summed E-state index contributed by atoms with van der Waals surface area (Å²) in [4.78, 5) is 29.8. The van der Waals surface area contributed by atoms with Crippen LogP contribution in [0.3, 0.4) is 0 Å². The van der Waals surface area contributed by atoms with Gasteiger partial charge in [-0.15, -0.1) is 11.3 Å². The monoisotopic (exact) mass is 362 g/mol. The molecule has 0 N–H and O–H groups in total. The van der Waals surface area contributed by atoms with Crippen molar-refractivity contribution in [1.29, 1.82) is 0 Å². The quantitative estimate of drug-likeness (QED) is 0.765. The molecule has 1 aromatic carbocycles. The predicted molar refractivity (Wildman–Crippen MR) is 92.4 cm³/mol. The summed E-state index contributed by atoms with van der Waals surface area (Å²) in [5.41, 5.74) is 1.46. The van der Waals surface area contributed by atoms with E-state index in [4.69, 9.17) is 4.74 Å². The summed E-state index contributed by atoms with van der Waals surface area (Å²) in [6.07, 6.45) is 3.32. The van der Waals surface area contributed by atoms with Crippen LogP contribution in [-0.4, -0.2) is 34.8 Å². The molecular formula is C18H19FN2O3S. The number of carbonyl (C=O) groups excluding carboxylic acids is 2. The Labute approximate surface area is 149 Å². The molecule has 2 aromatic rings. The number of hydrogen-bond acceptors (Lipinski definition) is 5. The van der Waals surface area contributed by atoms with E-state index in [9.17, 15) is 14.0 Å². The van der Waals surface area contributed by atoms with Crippen molar-refractivity contribution in [2.75, 3.05) is 13.1 Å². The Kier molecular flexibility index (Phi) is 5.75. The highest BCUT2D eigenvalue weighted by atomic mass is 32.1. The molecule has 5 nitrogen and oxygen atoms in total. The lowest BCUT2D eigenvalue weighted by atomic mass is 10.2. The van der Waals surface area contributed by atoms with E-state index in [2.05, 4.69) is 4.98 Å². The first kappa shape index (κ1) is 17.5. The summed E-state index contributed by atoms with van der Waals surface area (Å²) in [5.74, 6) is -0.703. The van der Waals surface area contributed by atoms with Crippen LogP contribution in [0.5, 0.6) is 0 Å².